The van der Waals surface area contributed by atoms with E-state index in [1.54, 1.807) is 17.7 Å². The van der Waals surface area contributed by atoms with Crippen LogP contribution in [0.2, 0.25) is 0 Å². The lowest BCUT2D eigenvalue weighted by atomic mass is 10.3. The fourth-order valence-corrected chi connectivity index (χ4v) is 3.11. The lowest BCUT2D eigenvalue weighted by molar-refractivity contribution is 0.171. The lowest BCUT2D eigenvalue weighted by Crippen LogP contribution is -2.23. The second-order valence-electron chi connectivity index (χ2n) is 3.25. The van der Waals surface area contributed by atoms with Gasteiger partial charge in [0.2, 0.25) is 0 Å². The Morgan fingerprint density at radius 2 is 2.42 bits per heavy atom. The summed E-state index contributed by atoms with van der Waals surface area (Å²) in [6.07, 6.45) is 3.98. The van der Waals surface area contributed by atoms with E-state index in [-0.39, 0.29) is 0 Å². The maximum absolute atomic E-state index is 5.08. The van der Waals surface area contributed by atoms with Gasteiger partial charge in [-0.25, -0.2) is 0 Å². The predicted molar refractivity (Wildman–Crippen MR) is 51.9 cm³/mol. The Labute approximate surface area is 78.0 Å². The zero-order valence-electron chi connectivity index (χ0n) is 7.51. The van der Waals surface area contributed by atoms with Crippen LogP contribution in [0.15, 0.2) is 10.6 Å². The summed E-state index contributed by atoms with van der Waals surface area (Å²) in [4.78, 5) is 4.11. The number of methoxy groups -OCH3 is 1. The first-order valence-corrected chi connectivity index (χ1v) is 5.49. The summed E-state index contributed by atoms with van der Waals surface area (Å²) < 4.78 is 5.08. The Bertz CT molecular complexity index is 203. The maximum atomic E-state index is 5.08. The lowest BCUT2D eigenvalue weighted by Gasteiger charge is -2.19. The average molecular weight is 185 g/mol. The van der Waals surface area contributed by atoms with Crippen molar-refractivity contribution in [2.45, 2.75) is 19.3 Å². The van der Waals surface area contributed by atoms with Crippen molar-refractivity contribution in [1.29, 1.82) is 0 Å². The van der Waals surface area contributed by atoms with Crippen LogP contribution in [-0.2, 0) is 4.74 Å². The van der Waals surface area contributed by atoms with Gasteiger partial charge in [-0.15, -0.1) is 11.8 Å². The molecule has 68 valence electrons. The van der Waals surface area contributed by atoms with Crippen LogP contribution >= 0.6 is 11.8 Å². The molecule has 0 atom stereocenters. The van der Waals surface area contributed by atoms with Gasteiger partial charge in [-0.05, 0) is 19.3 Å². The molecule has 0 radical (unpaired) electrons. The Morgan fingerprint density at radius 3 is 3.25 bits per heavy atom. The van der Waals surface area contributed by atoms with Crippen LogP contribution in [0, 0.1) is 0 Å². The van der Waals surface area contributed by atoms with Crippen molar-refractivity contribution in [2.75, 3.05) is 26.1 Å². The fraction of sp³-hybridized carbons (Fsp3) is 0.778. The molecule has 0 spiro atoms. The van der Waals surface area contributed by atoms with Crippen LogP contribution in [0.5, 0.6) is 0 Å². The molecular formula is C9H15NOS. The van der Waals surface area contributed by atoms with Crippen LogP contribution in [0.4, 0.5) is 0 Å². The highest BCUT2D eigenvalue weighted by molar-refractivity contribution is 8.03. The molecule has 0 amide bonds. The molecule has 0 saturated heterocycles. The number of hydrogen-bond donors (Lipinski definition) is 0. The Hall–Kier alpha value is -0.150. The van der Waals surface area contributed by atoms with Gasteiger partial charge in [-0.1, -0.05) is 0 Å². The number of rotatable bonds is 3. The molecule has 0 aromatic carbocycles. The Kier molecular flexibility index (Phi) is 2.61. The molecule has 2 nitrogen and oxygen atoms in total. The van der Waals surface area contributed by atoms with E-state index in [0.29, 0.717) is 0 Å². The van der Waals surface area contributed by atoms with Gasteiger partial charge in [0.05, 0.1) is 12.5 Å². The third kappa shape index (κ3) is 1.48. The van der Waals surface area contributed by atoms with Crippen LogP contribution in [0.1, 0.15) is 19.3 Å². The first-order valence-electron chi connectivity index (χ1n) is 4.50. The van der Waals surface area contributed by atoms with Gasteiger partial charge in [0.1, 0.15) is 0 Å². The van der Waals surface area contributed by atoms with Gasteiger partial charge in [-0.2, -0.15) is 0 Å². The summed E-state index contributed by atoms with van der Waals surface area (Å²) in [6, 6.07) is 0. The van der Waals surface area contributed by atoms with Crippen LogP contribution in [-0.4, -0.2) is 31.0 Å². The monoisotopic (exact) mass is 185 g/mol. The van der Waals surface area contributed by atoms with E-state index in [4.69, 9.17) is 4.74 Å². The van der Waals surface area contributed by atoms with Crippen LogP contribution < -0.4 is 0 Å². The number of allylic oxidation sites excluding steroid dienone is 2. The van der Waals surface area contributed by atoms with Crippen LogP contribution in [0.25, 0.3) is 0 Å². The first-order chi connectivity index (χ1) is 5.92. The van der Waals surface area contributed by atoms with Crippen molar-refractivity contribution >= 4 is 11.8 Å². The minimum atomic E-state index is 0.858. The van der Waals surface area contributed by atoms with Crippen molar-refractivity contribution in [3.05, 3.63) is 10.6 Å². The van der Waals surface area contributed by atoms with E-state index in [1.165, 1.54) is 19.3 Å². The summed E-state index contributed by atoms with van der Waals surface area (Å²) in [7, 11) is 1.77. The molecular weight excluding hydrogens is 170 g/mol. The molecule has 2 aliphatic rings. The highest BCUT2D eigenvalue weighted by Gasteiger charge is 2.25. The van der Waals surface area contributed by atoms with Crippen molar-refractivity contribution in [1.82, 2.24) is 4.90 Å². The van der Waals surface area contributed by atoms with E-state index in [9.17, 15) is 0 Å². The quantitative estimate of drug-likeness (QED) is 0.667. The molecule has 2 rings (SSSR count). The van der Waals surface area contributed by atoms with E-state index >= 15 is 0 Å². The third-order valence-corrected chi connectivity index (χ3v) is 3.71. The zero-order valence-corrected chi connectivity index (χ0v) is 8.32. The summed E-state index contributed by atoms with van der Waals surface area (Å²) in [6.45, 7) is 1.93. The van der Waals surface area contributed by atoms with Gasteiger partial charge in [0.25, 0.3) is 0 Å². The molecule has 3 heteroatoms. The van der Waals surface area contributed by atoms with Crippen molar-refractivity contribution in [3.8, 4) is 0 Å². The Balaban J connectivity index is 1.91. The highest BCUT2D eigenvalue weighted by Crippen LogP contribution is 2.42. The summed E-state index contributed by atoms with van der Waals surface area (Å²) in [5.41, 5.74) is 1.61. The van der Waals surface area contributed by atoms with E-state index in [1.807, 2.05) is 11.8 Å². The van der Waals surface area contributed by atoms with Gasteiger partial charge in [0.15, 0.2) is 0 Å². The molecule has 0 bridgehead atoms. The SMILES string of the molecule is COCCN1CSC2=C1CCC2. The smallest absolute Gasteiger partial charge is 0.0681 e. The molecule has 0 saturated carbocycles. The van der Waals surface area contributed by atoms with Crippen molar-refractivity contribution < 1.29 is 4.74 Å². The molecule has 12 heavy (non-hydrogen) atoms. The standard InChI is InChI=1S/C9H15NOS/c1-11-6-5-10-7-12-9-4-2-3-8(9)10/h2-7H2,1H3. The number of thioether (sulfide) groups is 1. The topological polar surface area (TPSA) is 12.5 Å². The molecule has 0 aromatic heterocycles. The number of nitrogens with zero attached hydrogens (tertiary/aromatic N) is 1. The number of hydrogen-bond acceptors (Lipinski definition) is 3. The van der Waals surface area contributed by atoms with Crippen molar-refractivity contribution in [2.24, 2.45) is 0 Å². The van der Waals surface area contributed by atoms with Gasteiger partial charge in [0, 0.05) is 24.3 Å². The van der Waals surface area contributed by atoms with Crippen LogP contribution in [0.3, 0.4) is 0 Å². The molecule has 1 aliphatic carbocycles. The van der Waals surface area contributed by atoms with E-state index in [2.05, 4.69) is 4.90 Å². The molecule has 0 aromatic rings. The zero-order chi connectivity index (χ0) is 8.39. The molecule has 0 unspecified atom stereocenters. The normalized spacial score (nSPS) is 22.2. The largest absolute Gasteiger partial charge is 0.383 e. The molecule has 1 heterocycles. The summed E-state index contributed by atoms with van der Waals surface area (Å²) in [5, 5.41) is 0. The predicted octanol–water partition coefficient (Wildman–Crippen LogP) is 2.03. The average Bonchev–Trinajstić information content (AvgIpc) is 2.62. The van der Waals surface area contributed by atoms with E-state index in [0.717, 1.165) is 19.0 Å². The minimum Gasteiger partial charge on any atom is -0.383 e. The molecule has 1 aliphatic heterocycles. The second-order valence-corrected chi connectivity index (χ2v) is 4.29. The Morgan fingerprint density at radius 1 is 1.50 bits per heavy atom. The highest BCUT2D eigenvalue weighted by atomic mass is 32.2. The van der Waals surface area contributed by atoms with E-state index < -0.39 is 0 Å². The number of ether oxygens (including phenoxy) is 1. The maximum Gasteiger partial charge on any atom is 0.0681 e. The molecule has 0 N–H and O–H groups in total. The molecule has 0 fully saturated rings. The first kappa shape index (κ1) is 8.45. The van der Waals surface area contributed by atoms with Gasteiger partial charge >= 0.3 is 0 Å². The minimum absolute atomic E-state index is 0.858. The van der Waals surface area contributed by atoms with Gasteiger partial charge < -0.3 is 9.64 Å². The fourth-order valence-electron chi connectivity index (χ4n) is 1.82. The third-order valence-electron chi connectivity index (χ3n) is 2.48. The summed E-state index contributed by atoms with van der Waals surface area (Å²) in [5.74, 6) is 1.16. The second kappa shape index (κ2) is 3.71. The summed E-state index contributed by atoms with van der Waals surface area (Å²) >= 11 is 2.02. The van der Waals surface area contributed by atoms with Crippen molar-refractivity contribution in [3.63, 3.8) is 0 Å². The van der Waals surface area contributed by atoms with Gasteiger partial charge in [-0.3, -0.25) is 0 Å².